The Bertz CT molecular complexity index is 1090. The zero-order valence-corrected chi connectivity index (χ0v) is 15.0. The Hall–Kier alpha value is -3.55. The second kappa shape index (κ2) is 6.99. The molecule has 8 heteroatoms. The number of carbonyl (C=O) groups excluding carboxylic acids is 1. The fourth-order valence-corrected chi connectivity index (χ4v) is 2.94. The van der Waals surface area contributed by atoms with Gasteiger partial charge in [0.1, 0.15) is 5.69 Å². The van der Waals surface area contributed by atoms with Crippen molar-refractivity contribution in [2.45, 2.75) is 26.8 Å². The summed E-state index contributed by atoms with van der Waals surface area (Å²) in [6.07, 6.45) is 1.96. The van der Waals surface area contributed by atoms with Gasteiger partial charge in [-0.05, 0) is 25.3 Å². The monoisotopic (exact) mass is 362 g/mol. The molecule has 0 unspecified atom stereocenters. The van der Waals surface area contributed by atoms with Crippen molar-refractivity contribution in [3.8, 4) is 11.6 Å². The van der Waals surface area contributed by atoms with E-state index in [1.54, 1.807) is 6.20 Å². The lowest BCUT2D eigenvalue weighted by molar-refractivity contribution is -0.120. The Kier molecular flexibility index (Phi) is 4.37. The Morgan fingerprint density at radius 2 is 2.04 bits per heavy atom. The molecular formula is C19H18N6O2. The van der Waals surface area contributed by atoms with E-state index in [-0.39, 0.29) is 18.9 Å². The molecule has 3 heterocycles. The van der Waals surface area contributed by atoms with Crippen molar-refractivity contribution < 1.29 is 9.21 Å². The molecule has 0 aliphatic heterocycles. The molecular weight excluding hydrogens is 344 g/mol. The predicted molar refractivity (Wildman–Crippen MR) is 98.6 cm³/mol. The van der Waals surface area contributed by atoms with E-state index in [4.69, 9.17) is 4.42 Å². The first-order valence-corrected chi connectivity index (χ1v) is 8.55. The number of rotatable bonds is 5. The number of hydrogen-bond donors (Lipinski definition) is 2. The van der Waals surface area contributed by atoms with Crippen LogP contribution in [0.25, 0.3) is 22.4 Å². The number of aryl methyl sites for hydroxylation is 2. The maximum Gasteiger partial charge on any atom is 0.266 e. The molecule has 2 N–H and O–H groups in total. The second-order valence-corrected chi connectivity index (χ2v) is 6.25. The molecule has 0 atom stereocenters. The number of H-pyrrole nitrogens is 1. The maximum absolute atomic E-state index is 12.2. The van der Waals surface area contributed by atoms with Crippen LogP contribution in [0.1, 0.15) is 22.8 Å². The molecule has 0 radical (unpaired) electrons. The number of aromatic amines is 1. The quantitative estimate of drug-likeness (QED) is 0.564. The summed E-state index contributed by atoms with van der Waals surface area (Å²) in [5.41, 5.74) is 3.25. The van der Waals surface area contributed by atoms with Crippen LogP contribution in [0.2, 0.25) is 0 Å². The predicted octanol–water partition coefficient (Wildman–Crippen LogP) is 2.48. The first-order chi connectivity index (χ1) is 13.1. The molecule has 0 aliphatic carbocycles. The molecule has 1 amide bonds. The first kappa shape index (κ1) is 16.9. The summed E-state index contributed by atoms with van der Waals surface area (Å²) in [7, 11) is 0. The number of pyridine rings is 1. The molecule has 3 aromatic heterocycles. The number of nitrogens with zero attached hydrogens (tertiary/aromatic N) is 4. The van der Waals surface area contributed by atoms with E-state index in [2.05, 4.69) is 30.7 Å². The van der Waals surface area contributed by atoms with Crippen LogP contribution >= 0.6 is 0 Å². The fraction of sp³-hybridized carbons (Fsp3) is 0.211. The molecule has 0 saturated heterocycles. The van der Waals surface area contributed by atoms with Gasteiger partial charge >= 0.3 is 0 Å². The number of benzene rings is 1. The van der Waals surface area contributed by atoms with E-state index in [0.29, 0.717) is 17.5 Å². The SMILES string of the molecule is Cc1n[nH]c(C)c1CC(=O)NCc1nnc(-c2nccc3ccccc23)o1. The van der Waals surface area contributed by atoms with Crippen LogP contribution in [0.15, 0.2) is 40.9 Å². The largest absolute Gasteiger partial charge is 0.417 e. The van der Waals surface area contributed by atoms with Gasteiger partial charge in [0, 0.05) is 22.8 Å². The molecule has 0 aliphatic rings. The lowest BCUT2D eigenvalue weighted by Crippen LogP contribution is -2.25. The first-order valence-electron chi connectivity index (χ1n) is 8.55. The third kappa shape index (κ3) is 3.41. The van der Waals surface area contributed by atoms with Crippen molar-refractivity contribution in [1.29, 1.82) is 0 Å². The number of aromatic nitrogens is 5. The Morgan fingerprint density at radius 1 is 1.19 bits per heavy atom. The lowest BCUT2D eigenvalue weighted by atomic mass is 10.1. The molecule has 0 saturated carbocycles. The second-order valence-electron chi connectivity index (χ2n) is 6.25. The van der Waals surface area contributed by atoms with Crippen LogP contribution in [0, 0.1) is 13.8 Å². The standard InChI is InChI=1S/C19H18N6O2/c1-11-15(12(2)23-22-11)9-16(26)21-10-17-24-25-19(27-17)18-14-6-4-3-5-13(14)7-8-20-18/h3-8H,9-10H2,1-2H3,(H,21,26)(H,22,23). The molecule has 27 heavy (non-hydrogen) atoms. The van der Waals surface area contributed by atoms with Gasteiger partial charge in [0.15, 0.2) is 0 Å². The summed E-state index contributed by atoms with van der Waals surface area (Å²) < 4.78 is 5.69. The molecule has 4 rings (SSSR count). The van der Waals surface area contributed by atoms with Crippen LogP contribution in [0.5, 0.6) is 0 Å². The van der Waals surface area contributed by atoms with E-state index in [0.717, 1.165) is 27.7 Å². The highest BCUT2D eigenvalue weighted by molar-refractivity contribution is 5.92. The van der Waals surface area contributed by atoms with Crippen LogP contribution in [-0.2, 0) is 17.8 Å². The van der Waals surface area contributed by atoms with Gasteiger partial charge in [-0.1, -0.05) is 24.3 Å². The number of nitrogens with one attached hydrogen (secondary N) is 2. The molecule has 4 aromatic rings. The van der Waals surface area contributed by atoms with Crippen LogP contribution in [0.3, 0.4) is 0 Å². The third-order valence-corrected chi connectivity index (χ3v) is 4.40. The summed E-state index contributed by atoms with van der Waals surface area (Å²) in [6.45, 7) is 3.92. The van der Waals surface area contributed by atoms with Crippen molar-refractivity contribution >= 4 is 16.7 Å². The van der Waals surface area contributed by atoms with Gasteiger partial charge in [-0.15, -0.1) is 10.2 Å². The van der Waals surface area contributed by atoms with Crippen molar-refractivity contribution in [1.82, 2.24) is 30.7 Å². The van der Waals surface area contributed by atoms with Crippen molar-refractivity contribution in [3.05, 3.63) is 59.4 Å². The average Bonchev–Trinajstić information content (AvgIpc) is 3.28. The summed E-state index contributed by atoms with van der Waals surface area (Å²) in [6, 6.07) is 9.78. The van der Waals surface area contributed by atoms with Crippen molar-refractivity contribution in [3.63, 3.8) is 0 Å². The maximum atomic E-state index is 12.2. The zero-order valence-electron chi connectivity index (χ0n) is 15.0. The highest BCUT2D eigenvalue weighted by Gasteiger charge is 2.15. The molecule has 8 nitrogen and oxygen atoms in total. The van der Waals surface area contributed by atoms with E-state index >= 15 is 0 Å². The molecule has 136 valence electrons. The summed E-state index contributed by atoms with van der Waals surface area (Å²) >= 11 is 0. The van der Waals surface area contributed by atoms with Gasteiger partial charge in [0.25, 0.3) is 5.89 Å². The summed E-state index contributed by atoms with van der Waals surface area (Å²) in [5, 5.41) is 19.8. The van der Waals surface area contributed by atoms with Gasteiger partial charge < -0.3 is 9.73 Å². The number of hydrogen-bond acceptors (Lipinski definition) is 6. The van der Waals surface area contributed by atoms with Crippen molar-refractivity contribution in [2.75, 3.05) is 0 Å². The summed E-state index contributed by atoms with van der Waals surface area (Å²) in [5.74, 6) is 0.525. The minimum absolute atomic E-state index is 0.134. The highest BCUT2D eigenvalue weighted by atomic mass is 16.4. The van der Waals surface area contributed by atoms with Crippen LogP contribution < -0.4 is 5.32 Å². The van der Waals surface area contributed by atoms with Gasteiger partial charge in [0.2, 0.25) is 11.8 Å². The summed E-state index contributed by atoms with van der Waals surface area (Å²) in [4.78, 5) is 16.5. The molecule has 0 fully saturated rings. The van der Waals surface area contributed by atoms with Crippen LogP contribution in [-0.4, -0.2) is 31.3 Å². The topological polar surface area (TPSA) is 110 Å². The smallest absolute Gasteiger partial charge is 0.266 e. The van der Waals surface area contributed by atoms with Crippen LogP contribution in [0.4, 0.5) is 0 Å². The van der Waals surface area contributed by atoms with Gasteiger partial charge in [-0.3, -0.25) is 14.9 Å². The minimum atomic E-state index is -0.134. The number of carbonyl (C=O) groups is 1. The Balaban J connectivity index is 1.46. The Morgan fingerprint density at radius 3 is 2.85 bits per heavy atom. The van der Waals surface area contributed by atoms with E-state index in [1.165, 1.54) is 0 Å². The number of fused-ring (bicyclic) bond motifs is 1. The molecule has 1 aromatic carbocycles. The number of amides is 1. The lowest BCUT2D eigenvalue weighted by Gasteiger charge is -2.03. The average molecular weight is 362 g/mol. The van der Waals surface area contributed by atoms with Gasteiger partial charge in [-0.2, -0.15) is 5.10 Å². The fourth-order valence-electron chi connectivity index (χ4n) is 2.94. The normalized spacial score (nSPS) is 11.0. The third-order valence-electron chi connectivity index (χ3n) is 4.40. The molecule has 0 bridgehead atoms. The van der Waals surface area contributed by atoms with E-state index < -0.39 is 0 Å². The zero-order chi connectivity index (χ0) is 18.8. The molecule has 0 spiro atoms. The Labute approximate surface area is 155 Å². The highest BCUT2D eigenvalue weighted by Crippen LogP contribution is 2.25. The van der Waals surface area contributed by atoms with Crippen molar-refractivity contribution in [2.24, 2.45) is 0 Å². The minimum Gasteiger partial charge on any atom is -0.417 e. The van der Waals surface area contributed by atoms with Gasteiger partial charge in [0.05, 0.1) is 18.7 Å². The van der Waals surface area contributed by atoms with E-state index in [1.807, 2.05) is 44.2 Å². The van der Waals surface area contributed by atoms with Gasteiger partial charge in [-0.25, -0.2) is 0 Å². The van der Waals surface area contributed by atoms with E-state index in [9.17, 15) is 4.79 Å².